The molecule has 1 aliphatic heterocycles. The highest BCUT2D eigenvalue weighted by atomic mass is 32.2. The SMILES string of the molecule is CCC(C)(C(C)N)N1CCS(=O)CC1. The molecule has 0 amide bonds. The quantitative estimate of drug-likeness (QED) is 0.753. The minimum absolute atomic E-state index is 0.0740. The van der Waals surface area contributed by atoms with Gasteiger partial charge in [0.1, 0.15) is 0 Å². The molecule has 1 rings (SSSR count). The molecule has 14 heavy (non-hydrogen) atoms. The summed E-state index contributed by atoms with van der Waals surface area (Å²) in [4.78, 5) is 2.40. The molecule has 1 aliphatic rings. The maximum absolute atomic E-state index is 11.2. The first-order valence-corrected chi connectivity index (χ1v) is 6.85. The van der Waals surface area contributed by atoms with Gasteiger partial charge in [-0.1, -0.05) is 6.92 Å². The molecule has 0 aromatic carbocycles. The van der Waals surface area contributed by atoms with Gasteiger partial charge in [0.05, 0.1) is 0 Å². The van der Waals surface area contributed by atoms with Gasteiger partial charge in [-0.3, -0.25) is 9.11 Å². The molecular formula is C10H22N2OS. The molecule has 4 heteroatoms. The normalized spacial score (nSPS) is 27.1. The predicted molar refractivity (Wildman–Crippen MR) is 61.8 cm³/mol. The summed E-state index contributed by atoms with van der Waals surface area (Å²) < 4.78 is 11.2. The first kappa shape index (κ1) is 12.1. The van der Waals surface area contributed by atoms with Crippen LogP contribution in [0.5, 0.6) is 0 Å². The van der Waals surface area contributed by atoms with E-state index < -0.39 is 10.8 Å². The molecule has 0 saturated carbocycles. The number of nitrogens with zero attached hydrogens (tertiary/aromatic N) is 1. The largest absolute Gasteiger partial charge is 0.326 e. The van der Waals surface area contributed by atoms with Crippen molar-refractivity contribution in [2.24, 2.45) is 5.73 Å². The minimum Gasteiger partial charge on any atom is -0.326 e. The molecule has 0 spiro atoms. The summed E-state index contributed by atoms with van der Waals surface area (Å²) in [5.41, 5.74) is 6.10. The van der Waals surface area contributed by atoms with Crippen LogP contribution in [0, 0.1) is 0 Å². The van der Waals surface area contributed by atoms with E-state index in [1.807, 2.05) is 0 Å². The van der Waals surface area contributed by atoms with E-state index in [4.69, 9.17) is 5.73 Å². The van der Waals surface area contributed by atoms with Crippen LogP contribution in [-0.4, -0.2) is 45.3 Å². The lowest BCUT2D eigenvalue weighted by atomic mass is 9.89. The molecule has 1 fully saturated rings. The molecule has 2 atom stereocenters. The lowest BCUT2D eigenvalue weighted by Crippen LogP contribution is -2.59. The van der Waals surface area contributed by atoms with Gasteiger partial charge < -0.3 is 5.73 Å². The number of hydrogen-bond acceptors (Lipinski definition) is 3. The van der Waals surface area contributed by atoms with E-state index >= 15 is 0 Å². The molecule has 0 radical (unpaired) electrons. The zero-order valence-electron chi connectivity index (χ0n) is 9.45. The highest BCUT2D eigenvalue weighted by molar-refractivity contribution is 7.85. The van der Waals surface area contributed by atoms with E-state index in [1.165, 1.54) is 0 Å². The standard InChI is InChI=1S/C10H22N2OS/c1-4-10(3,9(2)11)12-5-7-14(13)8-6-12/h9H,4-8,11H2,1-3H3. The van der Waals surface area contributed by atoms with Crippen molar-refractivity contribution >= 4 is 10.8 Å². The van der Waals surface area contributed by atoms with Crippen LogP contribution in [0.2, 0.25) is 0 Å². The second-order valence-corrected chi connectivity index (χ2v) is 6.03. The Kier molecular flexibility index (Phi) is 4.10. The van der Waals surface area contributed by atoms with Crippen LogP contribution in [0.1, 0.15) is 27.2 Å². The first-order valence-electron chi connectivity index (χ1n) is 5.36. The lowest BCUT2D eigenvalue weighted by molar-refractivity contribution is 0.0891. The van der Waals surface area contributed by atoms with E-state index in [0.29, 0.717) is 0 Å². The molecule has 1 heterocycles. The van der Waals surface area contributed by atoms with Gasteiger partial charge in [-0.25, -0.2) is 0 Å². The fourth-order valence-corrected chi connectivity index (χ4v) is 3.03. The van der Waals surface area contributed by atoms with Gasteiger partial charge >= 0.3 is 0 Å². The van der Waals surface area contributed by atoms with Gasteiger partial charge in [-0.15, -0.1) is 0 Å². The average Bonchev–Trinajstić information content (AvgIpc) is 2.17. The molecular weight excluding hydrogens is 196 g/mol. The fraction of sp³-hybridized carbons (Fsp3) is 1.00. The van der Waals surface area contributed by atoms with Gasteiger partial charge in [0.15, 0.2) is 0 Å². The Bertz CT molecular complexity index is 210. The van der Waals surface area contributed by atoms with Gasteiger partial charge in [0, 0.05) is 47.0 Å². The van der Waals surface area contributed by atoms with E-state index in [-0.39, 0.29) is 11.6 Å². The highest BCUT2D eigenvalue weighted by Crippen LogP contribution is 2.23. The molecule has 0 aromatic heterocycles. The molecule has 2 unspecified atom stereocenters. The summed E-state index contributed by atoms with van der Waals surface area (Å²) in [5.74, 6) is 1.62. The van der Waals surface area contributed by atoms with Crippen molar-refractivity contribution in [1.29, 1.82) is 0 Å². The van der Waals surface area contributed by atoms with Crippen molar-refractivity contribution in [3.63, 3.8) is 0 Å². The van der Waals surface area contributed by atoms with E-state index in [0.717, 1.165) is 31.0 Å². The van der Waals surface area contributed by atoms with Crippen molar-refractivity contribution in [3.05, 3.63) is 0 Å². The van der Waals surface area contributed by atoms with E-state index in [2.05, 4.69) is 25.7 Å². The molecule has 0 aromatic rings. The molecule has 0 aliphatic carbocycles. The topological polar surface area (TPSA) is 46.3 Å². The van der Waals surface area contributed by atoms with Crippen LogP contribution in [-0.2, 0) is 10.8 Å². The fourth-order valence-electron chi connectivity index (χ4n) is 1.98. The average molecular weight is 218 g/mol. The van der Waals surface area contributed by atoms with Crippen molar-refractivity contribution in [2.75, 3.05) is 24.6 Å². The number of hydrogen-bond donors (Lipinski definition) is 1. The lowest BCUT2D eigenvalue weighted by Gasteiger charge is -2.45. The highest BCUT2D eigenvalue weighted by Gasteiger charge is 2.35. The molecule has 2 N–H and O–H groups in total. The first-order chi connectivity index (χ1) is 6.50. The molecule has 1 saturated heterocycles. The van der Waals surface area contributed by atoms with Crippen molar-refractivity contribution in [2.45, 2.75) is 38.8 Å². The molecule has 3 nitrogen and oxygen atoms in total. The zero-order chi connectivity index (χ0) is 10.8. The van der Waals surface area contributed by atoms with Crippen LogP contribution in [0.25, 0.3) is 0 Å². The Labute approximate surface area is 89.5 Å². The summed E-state index contributed by atoms with van der Waals surface area (Å²) in [6.07, 6.45) is 1.05. The smallest absolute Gasteiger partial charge is 0.0363 e. The Hall–Kier alpha value is 0.0700. The monoisotopic (exact) mass is 218 g/mol. The Morgan fingerprint density at radius 3 is 2.36 bits per heavy atom. The summed E-state index contributed by atoms with van der Waals surface area (Å²) in [6.45, 7) is 8.31. The number of rotatable bonds is 3. The van der Waals surface area contributed by atoms with E-state index in [1.54, 1.807) is 0 Å². The maximum Gasteiger partial charge on any atom is 0.0363 e. The van der Waals surface area contributed by atoms with Crippen LogP contribution in [0.3, 0.4) is 0 Å². The summed E-state index contributed by atoms with van der Waals surface area (Å²) in [7, 11) is -0.593. The Morgan fingerprint density at radius 2 is 2.00 bits per heavy atom. The van der Waals surface area contributed by atoms with Gasteiger partial charge in [-0.05, 0) is 20.3 Å². The van der Waals surface area contributed by atoms with Crippen LogP contribution in [0.4, 0.5) is 0 Å². The third-order valence-electron chi connectivity index (χ3n) is 3.60. The zero-order valence-corrected chi connectivity index (χ0v) is 10.3. The van der Waals surface area contributed by atoms with Crippen LogP contribution >= 0.6 is 0 Å². The van der Waals surface area contributed by atoms with Gasteiger partial charge in [0.25, 0.3) is 0 Å². The summed E-state index contributed by atoms with van der Waals surface area (Å²) >= 11 is 0. The third kappa shape index (κ3) is 2.35. The minimum atomic E-state index is -0.593. The second kappa shape index (κ2) is 4.73. The van der Waals surface area contributed by atoms with Crippen LogP contribution in [0.15, 0.2) is 0 Å². The van der Waals surface area contributed by atoms with Crippen molar-refractivity contribution < 1.29 is 4.21 Å². The molecule has 0 bridgehead atoms. The predicted octanol–water partition coefficient (Wildman–Crippen LogP) is 0.567. The maximum atomic E-state index is 11.2. The summed E-state index contributed by atoms with van der Waals surface area (Å²) in [5, 5.41) is 0. The van der Waals surface area contributed by atoms with Gasteiger partial charge in [0.2, 0.25) is 0 Å². The van der Waals surface area contributed by atoms with Gasteiger partial charge in [-0.2, -0.15) is 0 Å². The van der Waals surface area contributed by atoms with Crippen LogP contribution < -0.4 is 5.73 Å². The third-order valence-corrected chi connectivity index (χ3v) is 4.87. The number of nitrogens with two attached hydrogens (primary N) is 1. The molecule has 84 valence electrons. The summed E-state index contributed by atoms with van der Waals surface area (Å²) in [6, 6.07) is 0.166. The van der Waals surface area contributed by atoms with Crippen molar-refractivity contribution in [1.82, 2.24) is 4.90 Å². The Balaban J connectivity index is 2.66. The van der Waals surface area contributed by atoms with Crippen molar-refractivity contribution in [3.8, 4) is 0 Å². The van der Waals surface area contributed by atoms with E-state index in [9.17, 15) is 4.21 Å². The Morgan fingerprint density at radius 1 is 1.50 bits per heavy atom. The second-order valence-electron chi connectivity index (χ2n) is 4.33.